The molecule has 1 saturated carbocycles. The lowest BCUT2D eigenvalue weighted by Crippen LogP contribution is -2.27. The van der Waals surface area contributed by atoms with Gasteiger partial charge in [0.25, 0.3) is 0 Å². The largest absolute Gasteiger partial charge is 0.324 e. The van der Waals surface area contributed by atoms with Gasteiger partial charge in [0.1, 0.15) is 11.6 Å². The van der Waals surface area contributed by atoms with E-state index in [1.54, 1.807) is 0 Å². The van der Waals surface area contributed by atoms with Gasteiger partial charge in [-0.2, -0.15) is 0 Å². The molecule has 1 aromatic rings. The minimum absolute atomic E-state index is 0.315. The standard InChI is InChI=1S/C11H13F2N/c12-8-4-5-10(13)9(6-8)11(14)7-2-1-3-7/h4-7,11H,1-3,14H2. The highest BCUT2D eigenvalue weighted by molar-refractivity contribution is 5.23. The molecule has 1 aliphatic rings. The zero-order valence-electron chi connectivity index (χ0n) is 7.84. The van der Waals surface area contributed by atoms with Gasteiger partial charge in [-0.05, 0) is 37.0 Å². The van der Waals surface area contributed by atoms with Crippen LogP contribution in [0, 0.1) is 17.6 Å². The maximum absolute atomic E-state index is 13.3. The molecule has 0 radical (unpaired) electrons. The highest BCUT2D eigenvalue weighted by Crippen LogP contribution is 2.36. The Kier molecular flexibility index (Phi) is 2.50. The van der Waals surface area contributed by atoms with E-state index in [0.717, 1.165) is 31.4 Å². The van der Waals surface area contributed by atoms with Gasteiger partial charge in [-0.3, -0.25) is 0 Å². The van der Waals surface area contributed by atoms with E-state index in [2.05, 4.69) is 0 Å². The molecule has 76 valence electrons. The maximum atomic E-state index is 13.3. The van der Waals surface area contributed by atoms with Crippen LogP contribution < -0.4 is 5.73 Å². The first-order valence-corrected chi connectivity index (χ1v) is 4.89. The molecule has 0 heterocycles. The average Bonchev–Trinajstić information content (AvgIpc) is 2.06. The fourth-order valence-corrected chi connectivity index (χ4v) is 1.82. The van der Waals surface area contributed by atoms with Gasteiger partial charge in [0.15, 0.2) is 0 Å². The minimum atomic E-state index is -0.420. The molecule has 14 heavy (non-hydrogen) atoms. The van der Waals surface area contributed by atoms with Crippen LogP contribution in [0.4, 0.5) is 8.78 Å². The maximum Gasteiger partial charge on any atom is 0.128 e. The lowest BCUT2D eigenvalue weighted by Gasteiger charge is -2.31. The van der Waals surface area contributed by atoms with Gasteiger partial charge < -0.3 is 5.73 Å². The Morgan fingerprint density at radius 1 is 1.29 bits per heavy atom. The van der Waals surface area contributed by atoms with Gasteiger partial charge in [-0.15, -0.1) is 0 Å². The van der Waals surface area contributed by atoms with E-state index in [0.29, 0.717) is 11.5 Å². The quantitative estimate of drug-likeness (QED) is 0.775. The summed E-state index contributed by atoms with van der Waals surface area (Å²) in [5, 5.41) is 0. The molecule has 2 N–H and O–H groups in total. The first kappa shape index (κ1) is 9.59. The molecule has 0 bridgehead atoms. The van der Waals surface area contributed by atoms with Crippen molar-refractivity contribution in [1.29, 1.82) is 0 Å². The fourth-order valence-electron chi connectivity index (χ4n) is 1.82. The highest BCUT2D eigenvalue weighted by Gasteiger charge is 2.27. The molecule has 1 fully saturated rings. The van der Waals surface area contributed by atoms with Gasteiger partial charge in [-0.25, -0.2) is 8.78 Å². The van der Waals surface area contributed by atoms with Crippen LogP contribution in [-0.2, 0) is 0 Å². The summed E-state index contributed by atoms with van der Waals surface area (Å²) in [7, 11) is 0. The Morgan fingerprint density at radius 2 is 2.00 bits per heavy atom. The summed E-state index contributed by atoms with van der Waals surface area (Å²) >= 11 is 0. The fraction of sp³-hybridized carbons (Fsp3) is 0.455. The molecule has 1 nitrogen and oxygen atoms in total. The van der Waals surface area contributed by atoms with Gasteiger partial charge in [-0.1, -0.05) is 6.42 Å². The van der Waals surface area contributed by atoms with Crippen molar-refractivity contribution in [1.82, 2.24) is 0 Å². The molecule has 1 atom stereocenters. The lowest BCUT2D eigenvalue weighted by atomic mass is 9.77. The number of hydrogen-bond acceptors (Lipinski definition) is 1. The number of rotatable bonds is 2. The first-order chi connectivity index (χ1) is 6.68. The summed E-state index contributed by atoms with van der Waals surface area (Å²) in [5.41, 5.74) is 6.18. The van der Waals surface area contributed by atoms with E-state index >= 15 is 0 Å². The SMILES string of the molecule is NC(c1cc(F)ccc1F)C1CCC1. The van der Waals surface area contributed by atoms with Crippen molar-refractivity contribution in [3.8, 4) is 0 Å². The van der Waals surface area contributed by atoms with Gasteiger partial charge in [0.2, 0.25) is 0 Å². The molecule has 0 spiro atoms. The Morgan fingerprint density at radius 3 is 2.57 bits per heavy atom. The van der Waals surface area contributed by atoms with Crippen LogP contribution in [0.25, 0.3) is 0 Å². The van der Waals surface area contributed by atoms with E-state index in [-0.39, 0.29) is 6.04 Å². The molecular formula is C11H13F2N. The third kappa shape index (κ3) is 1.64. The molecule has 2 rings (SSSR count). The van der Waals surface area contributed by atoms with Crippen LogP contribution in [-0.4, -0.2) is 0 Å². The van der Waals surface area contributed by atoms with Crippen molar-refractivity contribution < 1.29 is 8.78 Å². The summed E-state index contributed by atoms with van der Waals surface area (Å²) in [6.07, 6.45) is 3.20. The second-order valence-corrected chi connectivity index (χ2v) is 3.88. The van der Waals surface area contributed by atoms with Crippen LogP contribution in [0.15, 0.2) is 18.2 Å². The lowest BCUT2D eigenvalue weighted by molar-refractivity contribution is 0.260. The van der Waals surface area contributed by atoms with E-state index < -0.39 is 11.6 Å². The molecule has 0 amide bonds. The van der Waals surface area contributed by atoms with E-state index in [4.69, 9.17) is 5.73 Å². The molecule has 0 saturated heterocycles. The van der Waals surface area contributed by atoms with Crippen molar-refractivity contribution in [2.24, 2.45) is 11.7 Å². The second kappa shape index (κ2) is 3.65. The zero-order chi connectivity index (χ0) is 10.1. The average molecular weight is 197 g/mol. The molecular weight excluding hydrogens is 184 g/mol. The third-order valence-electron chi connectivity index (χ3n) is 2.97. The molecule has 1 aliphatic carbocycles. The summed E-state index contributed by atoms with van der Waals surface area (Å²) in [6, 6.07) is 3.12. The molecule has 1 unspecified atom stereocenters. The molecule has 1 aromatic carbocycles. The Labute approximate surface area is 81.9 Å². The van der Waals surface area contributed by atoms with E-state index in [1.165, 1.54) is 6.07 Å². The summed E-state index contributed by atoms with van der Waals surface area (Å²) in [6.45, 7) is 0. The smallest absolute Gasteiger partial charge is 0.128 e. The van der Waals surface area contributed by atoms with Crippen molar-refractivity contribution >= 4 is 0 Å². The third-order valence-corrected chi connectivity index (χ3v) is 2.97. The zero-order valence-corrected chi connectivity index (χ0v) is 7.84. The number of nitrogens with two attached hydrogens (primary N) is 1. The van der Waals surface area contributed by atoms with Gasteiger partial charge in [0.05, 0.1) is 0 Å². The molecule has 0 aliphatic heterocycles. The van der Waals surface area contributed by atoms with Crippen LogP contribution in [0.5, 0.6) is 0 Å². The summed E-state index contributed by atoms with van der Waals surface area (Å²) < 4.78 is 26.2. The van der Waals surface area contributed by atoms with Crippen LogP contribution in [0.1, 0.15) is 30.9 Å². The van der Waals surface area contributed by atoms with E-state index in [1.807, 2.05) is 0 Å². The first-order valence-electron chi connectivity index (χ1n) is 4.89. The Balaban J connectivity index is 2.24. The normalized spacial score (nSPS) is 19.1. The van der Waals surface area contributed by atoms with Crippen molar-refractivity contribution in [2.45, 2.75) is 25.3 Å². The Hall–Kier alpha value is -0.960. The van der Waals surface area contributed by atoms with Crippen molar-refractivity contribution in [3.05, 3.63) is 35.4 Å². The summed E-state index contributed by atoms with van der Waals surface area (Å²) in [5.74, 6) is -0.492. The van der Waals surface area contributed by atoms with Gasteiger partial charge in [0, 0.05) is 11.6 Å². The van der Waals surface area contributed by atoms with Gasteiger partial charge >= 0.3 is 0 Å². The van der Waals surface area contributed by atoms with Crippen LogP contribution >= 0.6 is 0 Å². The predicted octanol–water partition coefficient (Wildman–Crippen LogP) is 2.76. The van der Waals surface area contributed by atoms with Crippen molar-refractivity contribution in [3.63, 3.8) is 0 Å². The van der Waals surface area contributed by atoms with Crippen LogP contribution in [0.3, 0.4) is 0 Å². The minimum Gasteiger partial charge on any atom is -0.324 e. The monoisotopic (exact) mass is 197 g/mol. The number of hydrogen-bond donors (Lipinski definition) is 1. The second-order valence-electron chi connectivity index (χ2n) is 3.88. The Bertz CT molecular complexity index is 334. The highest BCUT2D eigenvalue weighted by atomic mass is 19.1. The molecule has 0 aromatic heterocycles. The van der Waals surface area contributed by atoms with Crippen LogP contribution in [0.2, 0.25) is 0 Å². The predicted molar refractivity (Wildman–Crippen MR) is 50.6 cm³/mol. The van der Waals surface area contributed by atoms with Crippen molar-refractivity contribution in [2.75, 3.05) is 0 Å². The number of benzene rings is 1. The van der Waals surface area contributed by atoms with E-state index in [9.17, 15) is 8.78 Å². The topological polar surface area (TPSA) is 26.0 Å². The number of halogens is 2. The summed E-state index contributed by atoms with van der Waals surface area (Å²) in [4.78, 5) is 0. The molecule has 3 heteroatoms.